The van der Waals surface area contributed by atoms with E-state index in [9.17, 15) is 24.9 Å². The summed E-state index contributed by atoms with van der Waals surface area (Å²) < 4.78 is 10.8. The Kier molecular flexibility index (Phi) is 5.22. The maximum atomic E-state index is 12.5. The Morgan fingerprint density at radius 1 is 1.15 bits per heavy atom. The number of ether oxygens (including phenoxy) is 2. The number of halogens is 1. The molecular formula is C18H19ClO7. The largest absolute Gasteiger partial charge is 0.507 e. The van der Waals surface area contributed by atoms with Gasteiger partial charge in [0.2, 0.25) is 0 Å². The molecule has 1 fully saturated rings. The summed E-state index contributed by atoms with van der Waals surface area (Å²) in [7, 11) is 0. The van der Waals surface area contributed by atoms with Gasteiger partial charge in [-0.15, -0.1) is 0 Å². The van der Waals surface area contributed by atoms with Gasteiger partial charge in [-0.1, -0.05) is 17.7 Å². The number of aliphatic hydroxyl groups excluding tert-OH is 1. The molecule has 2 aliphatic heterocycles. The SMILES string of the molecule is C[C@@H]1C[C@H]2O[C@@H]2C[C@H](O)/C=C/C(=O)Cc2c(Cl)c(O)cc(O)c2C(=O)O1. The molecule has 0 radical (unpaired) electrons. The van der Waals surface area contributed by atoms with Gasteiger partial charge >= 0.3 is 5.97 Å². The van der Waals surface area contributed by atoms with Gasteiger partial charge in [-0.05, 0) is 13.0 Å². The molecule has 140 valence electrons. The van der Waals surface area contributed by atoms with E-state index in [0.29, 0.717) is 12.8 Å². The molecule has 1 aromatic rings. The number of hydrogen-bond acceptors (Lipinski definition) is 7. The van der Waals surface area contributed by atoms with E-state index >= 15 is 0 Å². The molecule has 26 heavy (non-hydrogen) atoms. The maximum absolute atomic E-state index is 12.5. The smallest absolute Gasteiger partial charge is 0.342 e. The van der Waals surface area contributed by atoms with E-state index in [2.05, 4.69) is 0 Å². The normalized spacial score (nSPS) is 30.6. The van der Waals surface area contributed by atoms with Crippen molar-refractivity contribution in [2.24, 2.45) is 0 Å². The number of ketones is 1. The van der Waals surface area contributed by atoms with Crippen LogP contribution in [0.2, 0.25) is 5.02 Å². The molecule has 0 aromatic heterocycles. The lowest BCUT2D eigenvalue weighted by atomic mass is 9.99. The van der Waals surface area contributed by atoms with E-state index < -0.39 is 35.5 Å². The summed E-state index contributed by atoms with van der Waals surface area (Å²) in [6, 6.07) is 0.931. The third kappa shape index (κ3) is 4.00. The summed E-state index contributed by atoms with van der Waals surface area (Å²) in [6.45, 7) is 1.68. The Hall–Kier alpha value is -2.09. The van der Waals surface area contributed by atoms with Gasteiger partial charge in [0.25, 0.3) is 0 Å². The minimum atomic E-state index is -0.845. The molecule has 0 spiro atoms. The van der Waals surface area contributed by atoms with Crippen LogP contribution in [0.3, 0.4) is 0 Å². The first-order valence-electron chi connectivity index (χ1n) is 8.25. The number of cyclic esters (lactones) is 1. The number of aliphatic hydroxyl groups is 1. The van der Waals surface area contributed by atoms with E-state index in [1.807, 2.05) is 0 Å². The van der Waals surface area contributed by atoms with E-state index in [0.717, 1.165) is 6.07 Å². The Bertz CT molecular complexity index is 773. The second-order valence-electron chi connectivity index (χ2n) is 6.55. The fourth-order valence-corrected chi connectivity index (χ4v) is 3.27. The van der Waals surface area contributed by atoms with Gasteiger partial charge in [0.05, 0.1) is 23.3 Å². The molecule has 0 bridgehead atoms. The lowest BCUT2D eigenvalue weighted by Gasteiger charge is -2.17. The van der Waals surface area contributed by atoms with Crippen molar-refractivity contribution in [2.45, 2.75) is 50.6 Å². The zero-order chi connectivity index (χ0) is 19.0. The fourth-order valence-electron chi connectivity index (χ4n) is 3.06. The van der Waals surface area contributed by atoms with E-state index in [1.165, 1.54) is 12.2 Å². The summed E-state index contributed by atoms with van der Waals surface area (Å²) in [5.74, 6) is -2.26. The van der Waals surface area contributed by atoms with Gasteiger partial charge in [-0.25, -0.2) is 4.79 Å². The molecule has 4 atom stereocenters. The second kappa shape index (κ2) is 7.26. The molecular weight excluding hydrogens is 364 g/mol. The number of aromatic hydroxyl groups is 2. The number of phenolic OH excluding ortho intramolecular Hbond substituents is 2. The van der Waals surface area contributed by atoms with Crippen LogP contribution < -0.4 is 0 Å². The van der Waals surface area contributed by atoms with Gasteiger partial charge in [-0.2, -0.15) is 0 Å². The van der Waals surface area contributed by atoms with Crippen molar-refractivity contribution in [3.8, 4) is 11.5 Å². The maximum Gasteiger partial charge on any atom is 0.342 e. The second-order valence-corrected chi connectivity index (χ2v) is 6.93. The van der Waals surface area contributed by atoms with E-state index in [1.54, 1.807) is 6.92 Å². The number of fused-ring (bicyclic) bond motifs is 2. The number of esters is 1. The lowest BCUT2D eigenvalue weighted by Crippen LogP contribution is -2.20. The molecule has 3 N–H and O–H groups in total. The van der Waals surface area contributed by atoms with Crippen molar-refractivity contribution in [1.29, 1.82) is 0 Å². The van der Waals surface area contributed by atoms with Crippen LogP contribution in [-0.2, 0) is 20.7 Å². The van der Waals surface area contributed by atoms with Gasteiger partial charge in [-0.3, -0.25) is 4.79 Å². The summed E-state index contributed by atoms with van der Waals surface area (Å²) in [5.41, 5.74) is -0.282. The molecule has 1 aromatic carbocycles. The van der Waals surface area contributed by atoms with E-state index in [4.69, 9.17) is 21.1 Å². The van der Waals surface area contributed by atoms with Gasteiger partial charge < -0.3 is 24.8 Å². The molecule has 0 amide bonds. The predicted octanol–water partition coefficient (Wildman–Crippen LogP) is 1.89. The molecule has 1 saturated heterocycles. The van der Waals surface area contributed by atoms with Crippen molar-refractivity contribution in [1.82, 2.24) is 0 Å². The first-order chi connectivity index (χ1) is 12.3. The van der Waals surface area contributed by atoms with Crippen LogP contribution in [0.25, 0.3) is 0 Å². The zero-order valence-corrected chi connectivity index (χ0v) is 14.8. The molecule has 0 saturated carbocycles. The van der Waals surface area contributed by atoms with Crippen LogP contribution in [-0.4, -0.2) is 51.5 Å². The minimum absolute atomic E-state index is 0.0249. The van der Waals surface area contributed by atoms with E-state index in [-0.39, 0.29) is 34.8 Å². The third-order valence-electron chi connectivity index (χ3n) is 4.41. The van der Waals surface area contributed by atoms with Gasteiger partial charge in [0.15, 0.2) is 5.78 Å². The van der Waals surface area contributed by atoms with Crippen LogP contribution in [0.15, 0.2) is 18.2 Å². The molecule has 7 nitrogen and oxygen atoms in total. The Morgan fingerprint density at radius 3 is 2.58 bits per heavy atom. The summed E-state index contributed by atoms with van der Waals surface area (Å²) in [4.78, 5) is 24.7. The highest BCUT2D eigenvalue weighted by atomic mass is 35.5. The minimum Gasteiger partial charge on any atom is -0.507 e. The van der Waals surface area contributed by atoms with Crippen LogP contribution in [0.4, 0.5) is 0 Å². The summed E-state index contributed by atoms with van der Waals surface area (Å²) >= 11 is 6.05. The topological polar surface area (TPSA) is 117 Å². The number of epoxide rings is 1. The summed E-state index contributed by atoms with van der Waals surface area (Å²) in [6.07, 6.45) is 1.32. The molecule has 2 aliphatic rings. The number of hydrogen-bond donors (Lipinski definition) is 3. The number of allylic oxidation sites excluding steroid dienone is 1. The fraction of sp³-hybridized carbons (Fsp3) is 0.444. The monoisotopic (exact) mass is 382 g/mol. The highest BCUT2D eigenvalue weighted by Gasteiger charge is 2.41. The summed E-state index contributed by atoms with van der Waals surface area (Å²) in [5, 5.41) is 29.7. The molecule has 0 aliphatic carbocycles. The Morgan fingerprint density at radius 2 is 1.85 bits per heavy atom. The van der Waals surface area contributed by atoms with Gasteiger partial charge in [0.1, 0.15) is 23.2 Å². The average Bonchev–Trinajstić information content (AvgIpc) is 3.26. The van der Waals surface area contributed by atoms with Crippen molar-refractivity contribution in [3.05, 3.63) is 34.4 Å². The molecule has 2 heterocycles. The van der Waals surface area contributed by atoms with Crippen molar-refractivity contribution >= 4 is 23.4 Å². The van der Waals surface area contributed by atoms with Crippen molar-refractivity contribution in [2.75, 3.05) is 0 Å². The standard InChI is InChI=1S/C18H19ClO7/c1-8-4-14-15(26-14)6-10(21)3-2-9(20)5-11-16(18(24)25-8)12(22)7-13(23)17(11)19/h2-3,7-8,10,14-15,21-23H,4-6H2,1H3/b3-2+/t8-,10-,14-,15-/m1/s1. The van der Waals surface area contributed by atoms with Crippen molar-refractivity contribution < 1.29 is 34.4 Å². The Balaban J connectivity index is 1.99. The van der Waals surface area contributed by atoms with Crippen LogP contribution in [0.1, 0.15) is 35.7 Å². The first kappa shape index (κ1) is 18.7. The van der Waals surface area contributed by atoms with Gasteiger partial charge in [0, 0.05) is 30.9 Å². The molecule has 8 heteroatoms. The number of rotatable bonds is 0. The number of carbonyl (C=O) groups is 2. The first-order valence-corrected chi connectivity index (χ1v) is 8.63. The number of phenols is 2. The van der Waals surface area contributed by atoms with Crippen LogP contribution in [0, 0.1) is 0 Å². The van der Waals surface area contributed by atoms with Crippen LogP contribution >= 0.6 is 11.6 Å². The van der Waals surface area contributed by atoms with Crippen molar-refractivity contribution in [3.63, 3.8) is 0 Å². The van der Waals surface area contributed by atoms with Crippen LogP contribution in [0.5, 0.6) is 11.5 Å². The molecule has 3 rings (SSSR count). The highest BCUT2D eigenvalue weighted by Crippen LogP contribution is 2.38. The predicted molar refractivity (Wildman–Crippen MR) is 91.4 cm³/mol. The molecule has 0 unspecified atom stereocenters. The third-order valence-corrected chi connectivity index (χ3v) is 4.84. The zero-order valence-electron chi connectivity index (χ0n) is 14.0. The Labute approximate surface area is 154 Å². The quantitative estimate of drug-likeness (QED) is 0.463. The lowest BCUT2D eigenvalue weighted by molar-refractivity contribution is -0.114. The number of benzene rings is 1. The highest BCUT2D eigenvalue weighted by molar-refractivity contribution is 6.33. The number of carbonyl (C=O) groups excluding carboxylic acids is 2. The average molecular weight is 383 g/mol.